The number of likely N-dealkylation sites (tertiary alicyclic amines) is 1. The second kappa shape index (κ2) is 5.27. The lowest BCUT2D eigenvalue weighted by Gasteiger charge is -2.25. The second-order valence-electron chi connectivity index (χ2n) is 2.92. The summed E-state index contributed by atoms with van der Waals surface area (Å²) in [6.07, 6.45) is -3.23. The van der Waals surface area contributed by atoms with E-state index in [1.165, 1.54) is 4.90 Å². The molecule has 1 atom stereocenters. The quantitative estimate of drug-likeness (QED) is 0.668. The van der Waals surface area contributed by atoms with Crippen molar-refractivity contribution in [2.75, 3.05) is 19.0 Å². The zero-order valence-corrected chi connectivity index (χ0v) is 8.55. The predicted molar refractivity (Wildman–Crippen MR) is 48.6 cm³/mol. The molecule has 6 heteroatoms. The van der Waals surface area contributed by atoms with Gasteiger partial charge in [-0.1, -0.05) is 0 Å². The van der Waals surface area contributed by atoms with E-state index >= 15 is 0 Å². The molecule has 0 unspecified atom stereocenters. The van der Waals surface area contributed by atoms with Crippen LogP contribution < -0.4 is 0 Å². The van der Waals surface area contributed by atoms with Crippen molar-refractivity contribution in [2.45, 2.75) is 25.1 Å². The molecule has 1 aliphatic rings. The summed E-state index contributed by atoms with van der Waals surface area (Å²) in [5.41, 5.74) is 0. The van der Waals surface area contributed by atoms with Gasteiger partial charge in [-0.25, -0.2) is 0 Å². The maximum absolute atomic E-state index is 12.2. The van der Waals surface area contributed by atoms with Gasteiger partial charge in [-0.05, 0) is 19.4 Å². The Hall–Kier alpha value is 0.330. The third kappa shape index (κ3) is 3.52. The molecule has 1 rings (SSSR count). The SMILES string of the molecule is Cl.FC(F)(F)[C@@H]1CCCN1CCCl. The van der Waals surface area contributed by atoms with E-state index in [4.69, 9.17) is 11.6 Å². The maximum Gasteiger partial charge on any atom is 0.404 e. The van der Waals surface area contributed by atoms with Gasteiger partial charge < -0.3 is 0 Å². The van der Waals surface area contributed by atoms with Gasteiger partial charge in [0.05, 0.1) is 0 Å². The molecule has 0 amide bonds. The fourth-order valence-electron chi connectivity index (χ4n) is 1.57. The highest BCUT2D eigenvalue weighted by atomic mass is 35.5. The molecule has 0 aromatic carbocycles. The van der Waals surface area contributed by atoms with Gasteiger partial charge in [0.1, 0.15) is 6.04 Å². The Morgan fingerprint density at radius 3 is 2.46 bits per heavy atom. The Labute approximate surface area is 86.6 Å². The molecule has 80 valence electrons. The molecule has 1 nitrogen and oxygen atoms in total. The minimum absolute atomic E-state index is 0. The second-order valence-corrected chi connectivity index (χ2v) is 3.30. The average molecular weight is 238 g/mol. The summed E-state index contributed by atoms with van der Waals surface area (Å²) < 4.78 is 36.7. The van der Waals surface area contributed by atoms with Crippen LogP contribution >= 0.6 is 24.0 Å². The Bertz CT molecular complexity index is 151. The normalized spacial score (nSPS) is 24.5. The first-order valence-corrected chi connectivity index (χ1v) is 4.46. The van der Waals surface area contributed by atoms with E-state index in [2.05, 4.69) is 0 Å². The Morgan fingerprint density at radius 1 is 1.38 bits per heavy atom. The van der Waals surface area contributed by atoms with Gasteiger partial charge in [0.25, 0.3) is 0 Å². The fraction of sp³-hybridized carbons (Fsp3) is 1.00. The van der Waals surface area contributed by atoms with Crippen LogP contribution in [0.3, 0.4) is 0 Å². The first kappa shape index (κ1) is 13.3. The number of hydrogen-bond acceptors (Lipinski definition) is 1. The van der Waals surface area contributed by atoms with Crippen molar-refractivity contribution in [2.24, 2.45) is 0 Å². The van der Waals surface area contributed by atoms with Crippen LogP contribution in [0.15, 0.2) is 0 Å². The first-order valence-electron chi connectivity index (χ1n) is 3.92. The molecule has 0 bridgehead atoms. The molecule has 0 saturated carbocycles. The van der Waals surface area contributed by atoms with E-state index in [1.54, 1.807) is 0 Å². The van der Waals surface area contributed by atoms with Crippen molar-refractivity contribution in [1.82, 2.24) is 4.90 Å². The lowest BCUT2D eigenvalue weighted by atomic mass is 10.2. The summed E-state index contributed by atoms with van der Waals surface area (Å²) in [7, 11) is 0. The molecule has 0 aromatic rings. The average Bonchev–Trinajstić information content (AvgIpc) is 2.34. The van der Waals surface area contributed by atoms with E-state index < -0.39 is 12.2 Å². The molecule has 13 heavy (non-hydrogen) atoms. The van der Waals surface area contributed by atoms with Crippen LogP contribution in [0.25, 0.3) is 0 Å². The van der Waals surface area contributed by atoms with Crippen LogP contribution in [0.4, 0.5) is 13.2 Å². The van der Waals surface area contributed by atoms with Crippen LogP contribution in [-0.2, 0) is 0 Å². The first-order chi connectivity index (χ1) is 5.55. The molecule has 0 spiro atoms. The van der Waals surface area contributed by atoms with E-state index in [0.29, 0.717) is 19.5 Å². The lowest BCUT2D eigenvalue weighted by Crippen LogP contribution is -2.41. The van der Waals surface area contributed by atoms with Crippen molar-refractivity contribution in [3.8, 4) is 0 Å². The summed E-state index contributed by atoms with van der Waals surface area (Å²) in [5.74, 6) is 0.270. The van der Waals surface area contributed by atoms with Crippen molar-refractivity contribution < 1.29 is 13.2 Å². The third-order valence-corrected chi connectivity index (χ3v) is 2.28. The number of rotatable bonds is 2. The standard InChI is InChI=1S/C7H11ClF3N.ClH/c8-3-5-12-4-1-2-6(12)7(9,10)11;/h6H,1-5H2;1H/t6-;/m0./s1. The molecule has 0 aromatic heterocycles. The van der Waals surface area contributed by atoms with Gasteiger partial charge in [-0.2, -0.15) is 13.2 Å². The zero-order valence-electron chi connectivity index (χ0n) is 6.98. The van der Waals surface area contributed by atoms with Gasteiger partial charge in [-0.15, -0.1) is 24.0 Å². The van der Waals surface area contributed by atoms with Gasteiger partial charge in [0, 0.05) is 12.4 Å². The highest BCUT2D eigenvalue weighted by Gasteiger charge is 2.45. The topological polar surface area (TPSA) is 3.24 Å². The summed E-state index contributed by atoms with van der Waals surface area (Å²) in [4.78, 5) is 1.41. The van der Waals surface area contributed by atoms with Gasteiger partial charge in [0.15, 0.2) is 0 Å². The molecule has 1 aliphatic heterocycles. The molecule has 0 N–H and O–H groups in total. The molecule has 1 heterocycles. The number of alkyl halides is 4. The third-order valence-electron chi connectivity index (χ3n) is 2.11. The van der Waals surface area contributed by atoms with E-state index in [-0.39, 0.29) is 24.7 Å². The Kier molecular flexibility index (Phi) is 5.40. The largest absolute Gasteiger partial charge is 0.404 e. The highest BCUT2D eigenvalue weighted by molar-refractivity contribution is 6.18. The van der Waals surface area contributed by atoms with Crippen LogP contribution in [0.1, 0.15) is 12.8 Å². The summed E-state index contributed by atoms with van der Waals surface area (Å²) in [6, 6.07) is -1.25. The Balaban J connectivity index is 0.00000144. The van der Waals surface area contributed by atoms with Crippen LogP contribution in [0, 0.1) is 0 Å². The van der Waals surface area contributed by atoms with E-state index in [1.807, 2.05) is 0 Å². The summed E-state index contributed by atoms with van der Waals surface area (Å²) in [5, 5.41) is 0. The van der Waals surface area contributed by atoms with Crippen molar-refractivity contribution >= 4 is 24.0 Å². The predicted octanol–water partition coefficient (Wildman–Crippen LogP) is 2.67. The van der Waals surface area contributed by atoms with Crippen molar-refractivity contribution in [1.29, 1.82) is 0 Å². The fourth-order valence-corrected chi connectivity index (χ4v) is 1.79. The lowest BCUT2D eigenvalue weighted by molar-refractivity contribution is -0.175. The van der Waals surface area contributed by atoms with Gasteiger partial charge in [-0.3, -0.25) is 4.90 Å². The minimum atomic E-state index is -4.08. The molecule has 0 aliphatic carbocycles. The van der Waals surface area contributed by atoms with Crippen LogP contribution in [-0.4, -0.2) is 36.1 Å². The summed E-state index contributed by atoms with van der Waals surface area (Å²) >= 11 is 5.39. The molecular formula is C7H12Cl2F3N. The highest BCUT2D eigenvalue weighted by Crippen LogP contribution is 2.32. The number of nitrogens with zero attached hydrogens (tertiary/aromatic N) is 1. The zero-order chi connectivity index (χ0) is 9.19. The molecule has 0 radical (unpaired) electrons. The van der Waals surface area contributed by atoms with Gasteiger partial charge >= 0.3 is 6.18 Å². The molecular weight excluding hydrogens is 226 g/mol. The number of halogens is 5. The monoisotopic (exact) mass is 237 g/mol. The summed E-state index contributed by atoms with van der Waals surface area (Å²) in [6.45, 7) is 0.864. The van der Waals surface area contributed by atoms with Crippen molar-refractivity contribution in [3.63, 3.8) is 0 Å². The smallest absolute Gasteiger partial charge is 0.291 e. The van der Waals surface area contributed by atoms with E-state index in [0.717, 1.165) is 0 Å². The minimum Gasteiger partial charge on any atom is -0.291 e. The maximum atomic E-state index is 12.2. The van der Waals surface area contributed by atoms with E-state index in [9.17, 15) is 13.2 Å². The molecule has 1 saturated heterocycles. The molecule has 1 fully saturated rings. The van der Waals surface area contributed by atoms with Crippen molar-refractivity contribution in [3.05, 3.63) is 0 Å². The number of hydrogen-bond donors (Lipinski definition) is 0. The Morgan fingerprint density at radius 2 is 2.00 bits per heavy atom. The van der Waals surface area contributed by atoms with Crippen LogP contribution in [0.5, 0.6) is 0 Å². The van der Waals surface area contributed by atoms with Crippen LogP contribution in [0.2, 0.25) is 0 Å². The van der Waals surface area contributed by atoms with Gasteiger partial charge in [0.2, 0.25) is 0 Å².